The smallest absolute Gasteiger partial charge is 0.347 e. The molecule has 0 saturated carbocycles. The summed E-state index contributed by atoms with van der Waals surface area (Å²) in [5.41, 5.74) is 6.07. The van der Waals surface area contributed by atoms with Gasteiger partial charge in [-0.25, -0.2) is 4.79 Å². The molecule has 8 heteroatoms. The SMILES string of the molecule is Cc1c(CC(=O)NCCO)sc2[nH]c(=O)nc(N)c12. The van der Waals surface area contributed by atoms with Gasteiger partial charge in [-0.3, -0.25) is 9.78 Å². The number of aryl methyl sites for hydroxylation is 1. The Morgan fingerprint density at radius 1 is 1.58 bits per heavy atom. The van der Waals surface area contributed by atoms with E-state index in [0.29, 0.717) is 10.2 Å². The van der Waals surface area contributed by atoms with E-state index >= 15 is 0 Å². The molecule has 0 radical (unpaired) electrons. The first kappa shape index (κ1) is 13.5. The van der Waals surface area contributed by atoms with Gasteiger partial charge in [0.15, 0.2) is 0 Å². The van der Waals surface area contributed by atoms with Crippen LogP contribution < -0.4 is 16.7 Å². The molecule has 2 aromatic heterocycles. The van der Waals surface area contributed by atoms with Crippen molar-refractivity contribution in [3.63, 3.8) is 0 Å². The van der Waals surface area contributed by atoms with Crippen LogP contribution in [0.15, 0.2) is 4.79 Å². The van der Waals surface area contributed by atoms with E-state index in [-0.39, 0.29) is 31.3 Å². The Bertz CT molecular complexity index is 676. The summed E-state index contributed by atoms with van der Waals surface area (Å²) >= 11 is 1.32. The summed E-state index contributed by atoms with van der Waals surface area (Å²) in [6, 6.07) is 0. The van der Waals surface area contributed by atoms with Crippen LogP contribution >= 0.6 is 11.3 Å². The maximum absolute atomic E-state index is 11.6. The summed E-state index contributed by atoms with van der Waals surface area (Å²) in [6.45, 7) is 1.97. The van der Waals surface area contributed by atoms with Crippen molar-refractivity contribution in [2.75, 3.05) is 18.9 Å². The first-order valence-corrected chi connectivity index (χ1v) is 6.50. The fraction of sp³-hybridized carbons (Fsp3) is 0.364. The molecule has 0 saturated heterocycles. The van der Waals surface area contributed by atoms with E-state index in [9.17, 15) is 9.59 Å². The Balaban J connectivity index is 2.35. The molecule has 2 aromatic rings. The number of hydrogen-bond donors (Lipinski definition) is 4. The first-order chi connectivity index (χ1) is 9.02. The lowest BCUT2D eigenvalue weighted by Gasteiger charge is -2.02. The number of carbonyl (C=O) groups excluding carboxylic acids is 1. The number of anilines is 1. The van der Waals surface area contributed by atoms with Crippen LogP contribution in [0.3, 0.4) is 0 Å². The quantitative estimate of drug-likeness (QED) is 0.604. The summed E-state index contributed by atoms with van der Waals surface area (Å²) in [6.07, 6.45) is 0.187. The van der Waals surface area contributed by atoms with Crippen LogP contribution in [0.25, 0.3) is 10.2 Å². The number of aromatic nitrogens is 2. The second kappa shape index (κ2) is 5.37. The number of fused-ring (bicyclic) bond motifs is 1. The number of thiophene rings is 1. The largest absolute Gasteiger partial charge is 0.395 e. The summed E-state index contributed by atoms with van der Waals surface area (Å²) in [5.74, 6) is -0.00731. The van der Waals surface area contributed by atoms with Crippen molar-refractivity contribution in [2.24, 2.45) is 0 Å². The fourth-order valence-electron chi connectivity index (χ4n) is 1.82. The molecule has 2 heterocycles. The van der Waals surface area contributed by atoms with Crippen molar-refractivity contribution in [3.8, 4) is 0 Å². The van der Waals surface area contributed by atoms with E-state index in [2.05, 4.69) is 15.3 Å². The number of nitrogens with zero attached hydrogens (tertiary/aromatic N) is 1. The number of nitrogens with one attached hydrogen (secondary N) is 2. The average Bonchev–Trinajstić information content (AvgIpc) is 2.63. The van der Waals surface area contributed by atoms with Crippen molar-refractivity contribution in [1.29, 1.82) is 0 Å². The second-order valence-electron chi connectivity index (χ2n) is 4.03. The van der Waals surface area contributed by atoms with E-state index in [1.165, 1.54) is 11.3 Å². The third kappa shape index (κ3) is 2.74. The van der Waals surface area contributed by atoms with Crippen LogP contribution in [0.1, 0.15) is 10.4 Å². The number of nitrogen functional groups attached to an aromatic ring is 1. The minimum Gasteiger partial charge on any atom is -0.395 e. The zero-order valence-corrected chi connectivity index (χ0v) is 11.1. The van der Waals surface area contributed by atoms with Crippen LogP contribution in [0, 0.1) is 6.92 Å². The molecule has 0 bridgehead atoms. The molecule has 0 aliphatic rings. The van der Waals surface area contributed by atoms with Gasteiger partial charge in [-0.05, 0) is 12.5 Å². The topological polar surface area (TPSA) is 121 Å². The molecule has 7 nitrogen and oxygen atoms in total. The van der Waals surface area contributed by atoms with Gasteiger partial charge in [-0.15, -0.1) is 11.3 Å². The Hall–Kier alpha value is -1.93. The first-order valence-electron chi connectivity index (χ1n) is 5.68. The van der Waals surface area contributed by atoms with Crippen LogP contribution in [0.4, 0.5) is 5.82 Å². The highest BCUT2D eigenvalue weighted by Crippen LogP contribution is 2.31. The van der Waals surface area contributed by atoms with Crippen LogP contribution in [0.5, 0.6) is 0 Å². The lowest BCUT2D eigenvalue weighted by molar-refractivity contribution is -0.120. The predicted octanol–water partition coefficient (Wildman–Crippen LogP) is -0.474. The fourth-order valence-corrected chi connectivity index (χ4v) is 3.02. The molecule has 0 atom stereocenters. The molecule has 0 aliphatic heterocycles. The average molecular weight is 282 g/mol. The molecular weight excluding hydrogens is 268 g/mol. The Morgan fingerprint density at radius 3 is 3.00 bits per heavy atom. The van der Waals surface area contributed by atoms with Gasteiger partial charge in [0.05, 0.1) is 18.4 Å². The standard InChI is InChI=1S/C11H14N4O3S/c1-5-6(4-7(17)13-2-3-16)19-10-8(5)9(12)14-11(18)15-10/h16H,2-4H2,1H3,(H,13,17)(H3,12,14,15,18). The van der Waals surface area contributed by atoms with Crippen LogP contribution in [-0.4, -0.2) is 34.1 Å². The normalized spacial score (nSPS) is 10.8. The van der Waals surface area contributed by atoms with Gasteiger partial charge in [0.2, 0.25) is 5.91 Å². The number of rotatable bonds is 4. The lowest BCUT2D eigenvalue weighted by Crippen LogP contribution is -2.27. The Labute approximate surface area is 112 Å². The minimum absolute atomic E-state index is 0.0959. The van der Waals surface area contributed by atoms with Gasteiger partial charge in [0.25, 0.3) is 0 Å². The van der Waals surface area contributed by atoms with Crippen molar-refractivity contribution in [1.82, 2.24) is 15.3 Å². The Morgan fingerprint density at radius 2 is 2.32 bits per heavy atom. The molecule has 0 unspecified atom stereocenters. The van der Waals surface area contributed by atoms with E-state index < -0.39 is 5.69 Å². The summed E-state index contributed by atoms with van der Waals surface area (Å²) in [5, 5.41) is 11.9. The molecule has 0 aromatic carbocycles. The number of amides is 1. The van der Waals surface area contributed by atoms with Crippen molar-refractivity contribution < 1.29 is 9.90 Å². The number of aliphatic hydroxyl groups is 1. The molecule has 2 rings (SSSR count). The second-order valence-corrected chi connectivity index (χ2v) is 5.14. The number of H-pyrrole nitrogens is 1. The molecule has 102 valence electrons. The Kier molecular flexibility index (Phi) is 3.82. The van der Waals surface area contributed by atoms with Crippen LogP contribution in [0.2, 0.25) is 0 Å². The maximum atomic E-state index is 11.6. The van der Waals surface area contributed by atoms with E-state index in [4.69, 9.17) is 10.8 Å². The van der Waals surface area contributed by atoms with Gasteiger partial charge in [0, 0.05) is 11.4 Å². The molecular formula is C11H14N4O3S. The van der Waals surface area contributed by atoms with Gasteiger partial charge in [0.1, 0.15) is 10.6 Å². The van der Waals surface area contributed by atoms with Gasteiger partial charge in [-0.1, -0.05) is 0 Å². The molecule has 0 spiro atoms. The van der Waals surface area contributed by atoms with Gasteiger partial charge < -0.3 is 16.2 Å². The third-order valence-corrected chi connectivity index (χ3v) is 3.91. The highest BCUT2D eigenvalue weighted by atomic mass is 32.1. The van der Waals surface area contributed by atoms with E-state index in [0.717, 1.165) is 10.4 Å². The monoisotopic (exact) mass is 282 g/mol. The molecule has 1 amide bonds. The number of nitrogens with two attached hydrogens (primary N) is 1. The number of hydrogen-bond acceptors (Lipinski definition) is 6. The highest BCUT2D eigenvalue weighted by Gasteiger charge is 2.15. The zero-order valence-electron chi connectivity index (χ0n) is 10.3. The van der Waals surface area contributed by atoms with E-state index in [1.807, 2.05) is 6.92 Å². The van der Waals surface area contributed by atoms with Crippen LogP contribution in [-0.2, 0) is 11.2 Å². The molecule has 5 N–H and O–H groups in total. The third-order valence-electron chi connectivity index (χ3n) is 2.70. The molecule has 0 fully saturated rings. The maximum Gasteiger partial charge on any atom is 0.347 e. The number of aromatic amines is 1. The summed E-state index contributed by atoms with van der Waals surface area (Å²) in [7, 11) is 0. The summed E-state index contributed by atoms with van der Waals surface area (Å²) < 4.78 is 0. The minimum atomic E-state index is -0.498. The molecule has 19 heavy (non-hydrogen) atoms. The van der Waals surface area contributed by atoms with Crippen molar-refractivity contribution >= 4 is 33.3 Å². The predicted molar refractivity (Wildman–Crippen MR) is 73.2 cm³/mol. The zero-order chi connectivity index (χ0) is 14.0. The lowest BCUT2D eigenvalue weighted by atomic mass is 10.1. The number of carbonyl (C=O) groups is 1. The van der Waals surface area contributed by atoms with Gasteiger partial charge in [-0.2, -0.15) is 4.98 Å². The highest BCUT2D eigenvalue weighted by molar-refractivity contribution is 7.19. The van der Waals surface area contributed by atoms with Gasteiger partial charge >= 0.3 is 5.69 Å². The van der Waals surface area contributed by atoms with Crippen molar-refractivity contribution in [3.05, 3.63) is 20.9 Å². The van der Waals surface area contributed by atoms with Crippen molar-refractivity contribution in [2.45, 2.75) is 13.3 Å². The summed E-state index contributed by atoms with van der Waals surface area (Å²) in [4.78, 5) is 30.6. The number of aliphatic hydroxyl groups excluding tert-OH is 1. The van der Waals surface area contributed by atoms with E-state index in [1.54, 1.807) is 0 Å². The molecule has 0 aliphatic carbocycles.